The summed E-state index contributed by atoms with van der Waals surface area (Å²) in [5.41, 5.74) is 3.71. The van der Waals surface area contributed by atoms with Gasteiger partial charge in [-0.2, -0.15) is 0 Å². The fourth-order valence-electron chi connectivity index (χ4n) is 3.85. The summed E-state index contributed by atoms with van der Waals surface area (Å²) in [5, 5.41) is 0. The van der Waals surface area contributed by atoms with E-state index in [2.05, 4.69) is 4.72 Å². The molecular weight excluding hydrogens is 422 g/mol. The predicted molar refractivity (Wildman–Crippen MR) is 129 cm³/mol. The second-order valence-electron chi connectivity index (χ2n) is 7.82. The zero-order valence-corrected chi connectivity index (χ0v) is 18.8. The van der Waals surface area contributed by atoms with Gasteiger partial charge < -0.3 is 14.9 Å². The zero-order chi connectivity index (χ0) is 21.5. The Morgan fingerprint density at radius 3 is 2.41 bits per heavy atom. The minimum Gasteiger partial charge on any atom is -0.412 e. The lowest BCUT2D eigenvalue weighted by molar-refractivity contribution is -0.119. The van der Waals surface area contributed by atoms with E-state index in [0.717, 1.165) is 53.1 Å². The Morgan fingerprint density at radius 2 is 1.69 bits per heavy atom. The molecule has 0 amide bonds. The summed E-state index contributed by atoms with van der Waals surface area (Å²) in [6, 6.07) is 25.3. The molecule has 1 aliphatic rings. The second-order valence-corrected chi connectivity index (χ2v) is 9.00. The van der Waals surface area contributed by atoms with Gasteiger partial charge in [0.15, 0.2) is 11.0 Å². The number of rotatable bonds is 9. The van der Waals surface area contributed by atoms with E-state index in [4.69, 9.17) is 4.74 Å². The fraction of sp³-hybridized carbons (Fsp3) is 0.269. The maximum absolute atomic E-state index is 13.0. The summed E-state index contributed by atoms with van der Waals surface area (Å²) in [7, 11) is -1.40. The van der Waals surface area contributed by atoms with E-state index in [0.29, 0.717) is 12.8 Å². The van der Waals surface area contributed by atoms with Crippen LogP contribution in [-0.4, -0.2) is 28.2 Å². The minimum atomic E-state index is -1.40. The van der Waals surface area contributed by atoms with Crippen molar-refractivity contribution in [2.45, 2.75) is 43.1 Å². The van der Waals surface area contributed by atoms with Crippen molar-refractivity contribution < 1.29 is 19.2 Å². The molecule has 0 spiro atoms. The number of ketones is 1. The number of hydrogen-bond acceptors (Lipinski definition) is 3. The highest BCUT2D eigenvalue weighted by Crippen LogP contribution is 2.27. The highest BCUT2D eigenvalue weighted by molar-refractivity contribution is 7.86. The van der Waals surface area contributed by atoms with Crippen molar-refractivity contribution in [3.8, 4) is 11.1 Å². The van der Waals surface area contributed by atoms with Crippen LogP contribution in [0.4, 0.5) is 5.69 Å². The van der Waals surface area contributed by atoms with Crippen LogP contribution in [0.3, 0.4) is 0 Å². The molecule has 0 aliphatic carbocycles. The van der Waals surface area contributed by atoms with Crippen LogP contribution in [0.15, 0.2) is 83.8 Å². The molecule has 1 saturated heterocycles. The lowest BCUT2D eigenvalue weighted by atomic mass is 10.0. The number of nitrogens with one attached hydrogen (secondary N) is 1. The number of anilines is 1. The first-order chi connectivity index (χ1) is 15.2. The van der Waals surface area contributed by atoms with E-state index in [-0.39, 0.29) is 17.4 Å². The van der Waals surface area contributed by atoms with Gasteiger partial charge in [-0.25, -0.2) is 4.21 Å². The standard InChI is InChI=1S/C26H27NO3S.H2O/c28-23(16-17-24-9-6-18-30-24)19-20-12-14-22(15-13-20)27-31(29)26-11-5-4-10-25(26)21-7-2-1-3-8-21;/h1-5,7-8,10-15,24,27H,6,9,16-19H2;1H2. The number of benzene rings is 3. The summed E-state index contributed by atoms with van der Waals surface area (Å²) >= 11 is 0. The zero-order valence-electron chi connectivity index (χ0n) is 18.0. The smallest absolute Gasteiger partial charge is 0.150 e. The number of ether oxygens (including phenoxy) is 1. The van der Waals surface area contributed by atoms with Crippen LogP contribution in [-0.2, 0) is 26.9 Å². The Kier molecular flexibility index (Phi) is 8.73. The van der Waals surface area contributed by atoms with Crippen molar-refractivity contribution in [2.75, 3.05) is 11.3 Å². The molecule has 1 aliphatic heterocycles. The van der Waals surface area contributed by atoms with Crippen molar-refractivity contribution >= 4 is 22.5 Å². The molecule has 5 nitrogen and oxygen atoms in total. The number of Topliss-reactive ketones (excluding diaryl/α,β-unsaturated/α-hetero) is 1. The molecule has 6 heteroatoms. The molecule has 2 unspecified atom stereocenters. The Morgan fingerprint density at radius 1 is 0.969 bits per heavy atom. The first-order valence-corrected chi connectivity index (χ1v) is 11.9. The molecule has 2 atom stereocenters. The van der Waals surface area contributed by atoms with Crippen LogP contribution in [0, 0.1) is 0 Å². The van der Waals surface area contributed by atoms with Gasteiger partial charge in [-0.1, -0.05) is 60.7 Å². The maximum Gasteiger partial charge on any atom is 0.150 e. The van der Waals surface area contributed by atoms with E-state index in [9.17, 15) is 9.00 Å². The summed E-state index contributed by atoms with van der Waals surface area (Å²) in [6.45, 7) is 0.824. The van der Waals surface area contributed by atoms with E-state index >= 15 is 0 Å². The predicted octanol–water partition coefficient (Wildman–Crippen LogP) is 4.73. The Labute approximate surface area is 191 Å². The normalized spacial score (nSPS) is 16.2. The summed E-state index contributed by atoms with van der Waals surface area (Å²) in [6.07, 6.45) is 4.23. The van der Waals surface area contributed by atoms with E-state index < -0.39 is 11.0 Å². The topological polar surface area (TPSA) is 86.9 Å². The molecule has 3 N–H and O–H groups in total. The van der Waals surface area contributed by atoms with Crippen molar-refractivity contribution in [1.29, 1.82) is 0 Å². The van der Waals surface area contributed by atoms with Crippen molar-refractivity contribution in [3.05, 3.63) is 84.4 Å². The Balaban J connectivity index is 0.00000289. The van der Waals surface area contributed by atoms with Gasteiger partial charge in [0, 0.05) is 25.1 Å². The van der Waals surface area contributed by atoms with Crippen LogP contribution in [0.1, 0.15) is 31.2 Å². The van der Waals surface area contributed by atoms with Gasteiger partial charge >= 0.3 is 0 Å². The average Bonchev–Trinajstić information content (AvgIpc) is 3.33. The lowest BCUT2D eigenvalue weighted by Gasteiger charge is -2.12. The second kappa shape index (κ2) is 11.7. The van der Waals surface area contributed by atoms with Crippen LogP contribution < -0.4 is 4.72 Å². The highest BCUT2D eigenvalue weighted by atomic mass is 32.2. The van der Waals surface area contributed by atoms with E-state index in [1.807, 2.05) is 78.9 Å². The number of carbonyl (C=O) groups is 1. The molecule has 4 rings (SSSR count). The molecule has 168 valence electrons. The Hall–Kier alpha value is -2.80. The first kappa shape index (κ1) is 23.9. The molecule has 0 radical (unpaired) electrons. The molecular formula is C26H29NO4S. The molecule has 32 heavy (non-hydrogen) atoms. The van der Waals surface area contributed by atoms with Crippen LogP contribution in [0.25, 0.3) is 11.1 Å². The molecule has 0 saturated carbocycles. The molecule has 3 aromatic rings. The van der Waals surface area contributed by atoms with Crippen molar-refractivity contribution in [3.63, 3.8) is 0 Å². The molecule has 1 heterocycles. The van der Waals surface area contributed by atoms with Gasteiger partial charge in [-0.15, -0.1) is 0 Å². The third kappa shape index (κ3) is 6.36. The summed E-state index contributed by atoms with van der Waals surface area (Å²) in [4.78, 5) is 13.0. The quantitative estimate of drug-likeness (QED) is 0.510. The van der Waals surface area contributed by atoms with Gasteiger partial charge in [-0.05, 0) is 54.2 Å². The van der Waals surface area contributed by atoms with E-state index in [1.54, 1.807) is 0 Å². The third-order valence-electron chi connectivity index (χ3n) is 5.51. The lowest BCUT2D eigenvalue weighted by Crippen LogP contribution is -2.10. The van der Waals surface area contributed by atoms with Crippen molar-refractivity contribution in [1.82, 2.24) is 0 Å². The first-order valence-electron chi connectivity index (χ1n) is 10.7. The van der Waals surface area contributed by atoms with Gasteiger partial charge in [0.2, 0.25) is 0 Å². The van der Waals surface area contributed by atoms with Gasteiger partial charge in [0.1, 0.15) is 5.78 Å². The van der Waals surface area contributed by atoms with Gasteiger partial charge in [0.05, 0.1) is 11.0 Å². The number of hydrogen-bond donors (Lipinski definition) is 1. The molecule has 0 aromatic heterocycles. The summed E-state index contributed by atoms with van der Waals surface area (Å²) < 4.78 is 21.7. The van der Waals surface area contributed by atoms with Crippen LogP contribution in [0.5, 0.6) is 0 Å². The molecule has 1 fully saturated rings. The highest BCUT2D eigenvalue weighted by Gasteiger charge is 2.17. The summed E-state index contributed by atoms with van der Waals surface area (Å²) in [5.74, 6) is 0.233. The van der Waals surface area contributed by atoms with E-state index in [1.165, 1.54) is 0 Å². The average molecular weight is 452 g/mol. The SMILES string of the molecule is O.O=C(CCC1CCCO1)Cc1ccc(NS(=O)c2ccccc2-c2ccccc2)cc1. The monoisotopic (exact) mass is 451 g/mol. The van der Waals surface area contributed by atoms with Gasteiger partial charge in [0.25, 0.3) is 0 Å². The minimum absolute atomic E-state index is 0. The van der Waals surface area contributed by atoms with Crippen LogP contribution in [0.2, 0.25) is 0 Å². The molecule has 0 bridgehead atoms. The maximum atomic E-state index is 13.0. The van der Waals surface area contributed by atoms with Crippen molar-refractivity contribution in [2.24, 2.45) is 0 Å². The molecule has 3 aromatic carbocycles. The number of carbonyl (C=O) groups excluding carboxylic acids is 1. The Bertz CT molecular complexity index is 1030. The fourth-order valence-corrected chi connectivity index (χ4v) is 4.90. The van der Waals surface area contributed by atoms with Crippen LogP contribution >= 0.6 is 0 Å². The largest absolute Gasteiger partial charge is 0.412 e. The van der Waals surface area contributed by atoms with Gasteiger partial charge in [-0.3, -0.25) is 4.79 Å². The third-order valence-corrected chi connectivity index (χ3v) is 6.68.